The summed E-state index contributed by atoms with van der Waals surface area (Å²) in [7, 11) is 2.97. The van der Waals surface area contributed by atoms with Crippen LogP contribution in [0.1, 0.15) is 60.2 Å². The van der Waals surface area contributed by atoms with Crippen molar-refractivity contribution in [1.29, 1.82) is 0 Å². The topological polar surface area (TPSA) is 89.5 Å². The van der Waals surface area contributed by atoms with E-state index in [0.29, 0.717) is 25.7 Å². The van der Waals surface area contributed by atoms with Crippen molar-refractivity contribution in [3.8, 4) is 23.0 Å². The zero-order chi connectivity index (χ0) is 19.8. The number of hydrogen-bond donors (Lipinski definition) is 0. The van der Waals surface area contributed by atoms with Crippen molar-refractivity contribution >= 4 is 11.6 Å². The van der Waals surface area contributed by atoms with Gasteiger partial charge in [0.25, 0.3) is 0 Å². The van der Waals surface area contributed by atoms with E-state index in [1.54, 1.807) is 0 Å². The number of fused-ring (bicyclic) bond motifs is 1. The van der Waals surface area contributed by atoms with Crippen molar-refractivity contribution in [2.75, 3.05) is 27.8 Å². The molecule has 9 heteroatoms. The van der Waals surface area contributed by atoms with Gasteiger partial charge >= 0.3 is 170 Å². The number of benzene rings is 1. The number of halogens is 1. The first-order valence-electron chi connectivity index (χ1n) is 8.63. The van der Waals surface area contributed by atoms with Gasteiger partial charge in [-0.3, -0.25) is 0 Å². The third-order valence-corrected chi connectivity index (χ3v) is 4.71. The van der Waals surface area contributed by atoms with Crippen LogP contribution in [-0.2, 0) is 7.80 Å². The van der Waals surface area contributed by atoms with Crippen LogP contribution in [0, 0.1) is 0 Å². The zero-order valence-electron chi connectivity index (χ0n) is 15.9. The molecule has 0 saturated carbocycles. The maximum absolute atomic E-state index is 12.8. The van der Waals surface area contributed by atoms with Crippen LogP contribution in [-0.4, -0.2) is 39.4 Å². The van der Waals surface area contributed by atoms with Crippen molar-refractivity contribution in [3.05, 3.63) is 11.1 Å². The number of hydrogen-bond acceptors (Lipinski definition) is 8. The molecule has 1 aromatic carbocycles. The summed E-state index contributed by atoms with van der Waals surface area (Å²) in [6.07, 6.45) is 1.89. The van der Waals surface area contributed by atoms with Gasteiger partial charge < -0.3 is 0 Å². The molecule has 1 aliphatic rings. The molecule has 0 aromatic heterocycles. The Hall–Kier alpha value is -1.59. The van der Waals surface area contributed by atoms with Crippen molar-refractivity contribution in [1.82, 2.24) is 0 Å². The van der Waals surface area contributed by atoms with E-state index in [1.807, 2.05) is 13.8 Å². The molecule has 27 heavy (non-hydrogen) atoms. The third-order valence-electron chi connectivity index (χ3n) is 3.73. The maximum atomic E-state index is 12.8. The van der Waals surface area contributed by atoms with Gasteiger partial charge in [0.2, 0.25) is 0 Å². The van der Waals surface area contributed by atoms with E-state index >= 15 is 0 Å². The van der Waals surface area contributed by atoms with E-state index in [2.05, 4.69) is 0 Å². The fourth-order valence-corrected chi connectivity index (χ4v) is 3.47. The van der Waals surface area contributed by atoms with Crippen molar-refractivity contribution < 1.29 is 56.7 Å². The fraction of sp³-hybridized carbons (Fsp3) is 0.556. The van der Waals surface area contributed by atoms with E-state index in [1.165, 1.54) is 14.2 Å². The number of methoxy groups -OCH3 is 1. The average Bonchev–Trinajstić information content (AvgIpc) is 3.12. The molecule has 0 unspecified atom stereocenters. The molecule has 0 N–H and O–H groups in total. The van der Waals surface area contributed by atoms with Gasteiger partial charge in [-0.2, -0.15) is 0 Å². The minimum absolute atomic E-state index is 0.0827. The molecular formula is C18H24IO8-. The molecule has 152 valence electrons. The van der Waals surface area contributed by atoms with E-state index in [0.717, 1.165) is 0 Å². The van der Waals surface area contributed by atoms with Gasteiger partial charge in [0.05, 0.1) is 0 Å². The Morgan fingerprint density at radius 3 is 2.00 bits per heavy atom. The summed E-state index contributed by atoms with van der Waals surface area (Å²) in [5.74, 6) is 0.390. The standard InChI is InChI=1S/C18H24IO8/c1-5-7-11(20)13-15-16(26-10-25-15)14(12(21)8-6-2)18(27-19-23-4)17(13)24-9-22-3/h5-10H2,1-4H3/q-1. The first-order valence-corrected chi connectivity index (χ1v) is 10.4. The zero-order valence-corrected chi connectivity index (χ0v) is 18.0. The van der Waals surface area contributed by atoms with Crippen LogP contribution in [0.5, 0.6) is 23.0 Å². The molecule has 1 aromatic rings. The van der Waals surface area contributed by atoms with Crippen molar-refractivity contribution in [3.63, 3.8) is 0 Å². The molecule has 2 rings (SSSR count). The third kappa shape index (κ3) is 4.82. The average molecular weight is 495 g/mol. The molecule has 0 amide bonds. The predicted molar refractivity (Wildman–Crippen MR) is 91.2 cm³/mol. The molecule has 8 nitrogen and oxygen atoms in total. The van der Waals surface area contributed by atoms with E-state index in [9.17, 15) is 9.59 Å². The molecule has 1 aliphatic heterocycles. The summed E-state index contributed by atoms with van der Waals surface area (Å²) in [6.45, 7) is 3.60. The Bertz CT molecular complexity index is 632. The number of ketones is 2. The minimum atomic E-state index is -1.16. The van der Waals surface area contributed by atoms with Crippen LogP contribution in [0.15, 0.2) is 0 Å². The summed E-state index contributed by atoms with van der Waals surface area (Å²) in [6, 6.07) is 0. The molecule has 0 atom stereocenters. The van der Waals surface area contributed by atoms with Crippen LogP contribution < -0.4 is 39.3 Å². The van der Waals surface area contributed by atoms with Crippen LogP contribution in [0.25, 0.3) is 0 Å². The Kier molecular flexibility index (Phi) is 8.58. The van der Waals surface area contributed by atoms with Crippen LogP contribution in [0.2, 0.25) is 0 Å². The first-order chi connectivity index (χ1) is 13.1. The number of ether oxygens (including phenoxy) is 4. The Morgan fingerprint density at radius 1 is 0.963 bits per heavy atom. The number of carbonyl (C=O) groups is 2. The van der Waals surface area contributed by atoms with Gasteiger partial charge in [0.1, 0.15) is 0 Å². The molecule has 0 saturated heterocycles. The Labute approximate surface area is 169 Å². The molecule has 0 aliphatic carbocycles. The monoisotopic (exact) mass is 495 g/mol. The summed E-state index contributed by atoms with van der Waals surface area (Å²) >= 11 is -1.16. The summed E-state index contributed by atoms with van der Waals surface area (Å²) < 4.78 is 32.7. The second-order valence-corrected chi connectivity index (χ2v) is 7.35. The first kappa shape index (κ1) is 21.7. The SMILES string of the molecule is CCCC(=O)c1c2c(c(C(=O)CCC)c(O[I-]OC)c1OCOC)OCO2. The van der Waals surface area contributed by atoms with Gasteiger partial charge in [0, 0.05) is 0 Å². The summed E-state index contributed by atoms with van der Waals surface area (Å²) in [4.78, 5) is 25.6. The van der Waals surface area contributed by atoms with Crippen LogP contribution in [0.3, 0.4) is 0 Å². The normalized spacial score (nSPS) is 12.3. The Morgan fingerprint density at radius 2 is 1.52 bits per heavy atom. The molecule has 0 bridgehead atoms. The molecule has 0 fully saturated rings. The predicted octanol–water partition coefficient (Wildman–Crippen LogP) is 0.308. The second kappa shape index (κ2) is 10.7. The van der Waals surface area contributed by atoms with E-state index in [-0.39, 0.29) is 59.3 Å². The van der Waals surface area contributed by atoms with Crippen molar-refractivity contribution in [2.24, 2.45) is 0 Å². The van der Waals surface area contributed by atoms with Gasteiger partial charge in [-0.15, -0.1) is 0 Å². The van der Waals surface area contributed by atoms with E-state index < -0.39 is 22.0 Å². The quantitative estimate of drug-likeness (QED) is 0.233. The Balaban J connectivity index is 2.74. The van der Waals surface area contributed by atoms with E-state index in [4.69, 9.17) is 25.1 Å². The van der Waals surface area contributed by atoms with Crippen LogP contribution >= 0.6 is 0 Å². The molecule has 1 heterocycles. The summed E-state index contributed by atoms with van der Waals surface area (Å²) in [5, 5.41) is 0. The second-order valence-electron chi connectivity index (χ2n) is 5.66. The number of rotatable bonds is 12. The molecule has 0 radical (unpaired) electrons. The number of carbonyl (C=O) groups excluding carboxylic acids is 2. The van der Waals surface area contributed by atoms with Gasteiger partial charge in [-0.25, -0.2) is 0 Å². The molecular weight excluding hydrogens is 471 g/mol. The fourth-order valence-electron chi connectivity index (χ4n) is 2.69. The van der Waals surface area contributed by atoms with Gasteiger partial charge in [0.15, 0.2) is 0 Å². The van der Waals surface area contributed by atoms with Crippen molar-refractivity contribution in [2.45, 2.75) is 39.5 Å². The summed E-state index contributed by atoms with van der Waals surface area (Å²) in [5.41, 5.74) is 0.435. The van der Waals surface area contributed by atoms with Gasteiger partial charge in [-0.05, 0) is 0 Å². The van der Waals surface area contributed by atoms with Gasteiger partial charge in [-0.1, -0.05) is 0 Å². The number of Topliss-reactive ketones (excluding diaryl/α,β-unsaturated/α-hetero) is 2. The molecule has 0 spiro atoms. The van der Waals surface area contributed by atoms with Crippen LogP contribution in [0.4, 0.5) is 0 Å².